The van der Waals surface area contributed by atoms with E-state index in [1.165, 1.54) is 12.1 Å². The van der Waals surface area contributed by atoms with Gasteiger partial charge in [-0.3, -0.25) is 4.84 Å². The minimum Gasteiger partial charge on any atom is -0.443 e. The van der Waals surface area contributed by atoms with Crippen molar-refractivity contribution in [3.8, 4) is 0 Å². The summed E-state index contributed by atoms with van der Waals surface area (Å²) in [7, 11) is -7.66. The Balaban J connectivity index is 1.32. The molecular weight excluding hydrogens is 652 g/mol. The lowest BCUT2D eigenvalue weighted by molar-refractivity contribution is -0.145. The molecule has 16 heteroatoms. The number of carbonyl (C=O) groups excluding carboxylic acids is 1. The molecule has 0 spiro atoms. The van der Waals surface area contributed by atoms with Crippen molar-refractivity contribution in [3.63, 3.8) is 0 Å². The zero-order valence-electron chi connectivity index (χ0n) is 26.3. The van der Waals surface area contributed by atoms with E-state index in [1.807, 2.05) is 30.3 Å². The van der Waals surface area contributed by atoms with Crippen LogP contribution < -0.4 is 15.4 Å². The molecule has 2 heterocycles. The van der Waals surface area contributed by atoms with E-state index in [2.05, 4.69) is 15.4 Å². The molecule has 5 atom stereocenters. The summed E-state index contributed by atoms with van der Waals surface area (Å²) in [6.45, 7) is 0.606. The predicted molar refractivity (Wildman–Crippen MR) is 172 cm³/mol. The van der Waals surface area contributed by atoms with E-state index in [-0.39, 0.29) is 43.0 Å². The van der Waals surface area contributed by atoms with Crippen molar-refractivity contribution in [2.75, 3.05) is 44.4 Å². The lowest BCUT2D eigenvalue weighted by Gasteiger charge is -2.31. The lowest BCUT2D eigenvalue weighted by atomic mass is 10.0. The molecule has 0 radical (unpaired) electrons. The molecule has 2 aromatic rings. The summed E-state index contributed by atoms with van der Waals surface area (Å²) in [5, 5.41) is 17.4. The minimum atomic E-state index is -4.30. The van der Waals surface area contributed by atoms with Gasteiger partial charge in [-0.25, -0.2) is 26.4 Å². The number of carbonyl (C=O) groups is 1. The number of hydrogen-bond acceptors (Lipinski definition) is 11. The van der Waals surface area contributed by atoms with Crippen LogP contribution in [0.2, 0.25) is 0 Å². The third-order valence-corrected chi connectivity index (χ3v) is 10.8. The van der Waals surface area contributed by atoms with Gasteiger partial charge < -0.3 is 30.0 Å². The molecule has 3 aliphatic rings. The summed E-state index contributed by atoms with van der Waals surface area (Å²) >= 11 is 0. The fourth-order valence-electron chi connectivity index (χ4n) is 5.99. The number of aliphatic hydroxyl groups is 1. The van der Waals surface area contributed by atoms with Gasteiger partial charge in [0.15, 0.2) is 6.29 Å². The molecule has 1 aliphatic carbocycles. The van der Waals surface area contributed by atoms with Gasteiger partial charge in [0.25, 0.3) is 10.0 Å². The average molecular weight is 697 g/mol. The van der Waals surface area contributed by atoms with Crippen molar-refractivity contribution in [2.45, 2.75) is 74.1 Å². The number of nitrogens with one attached hydrogen (secondary N) is 3. The summed E-state index contributed by atoms with van der Waals surface area (Å²) in [6.07, 6.45) is 1.71. The molecule has 260 valence electrons. The van der Waals surface area contributed by atoms with Crippen LogP contribution >= 0.6 is 0 Å². The van der Waals surface area contributed by atoms with Gasteiger partial charge in [0.2, 0.25) is 10.0 Å². The van der Waals surface area contributed by atoms with Crippen LogP contribution in [0.4, 0.5) is 10.5 Å². The molecule has 0 bridgehead atoms. The summed E-state index contributed by atoms with van der Waals surface area (Å²) in [4.78, 5) is 19.1. The van der Waals surface area contributed by atoms with Gasteiger partial charge in [0.05, 0.1) is 55.1 Å². The number of benzene rings is 2. The minimum absolute atomic E-state index is 0.0695. The zero-order chi connectivity index (χ0) is 33.4. The number of alkyl carbamates (subject to hydrolysis) is 1. The number of hydrogen-bond donors (Lipinski definition) is 4. The molecule has 47 heavy (non-hydrogen) atoms. The first-order valence-corrected chi connectivity index (χ1v) is 19.2. The molecule has 2 saturated heterocycles. The molecule has 1 saturated carbocycles. The quantitative estimate of drug-likeness (QED) is 0.149. The molecule has 4 N–H and O–H groups in total. The Bertz CT molecular complexity index is 1540. The van der Waals surface area contributed by atoms with Gasteiger partial charge in [0.1, 0.15) is 6.10 Å². The highest BCUT2D eigenvalue weighted by molar-refractivity contribution is 7.89. The van der Waals surface area contributed by atoms with Crippen LogP contribution in [-0.2, 0) is 45.5 Å². The SMILES string of the molecule is CS(=O)(=O)NCCNc1cccc(S(=O)(=O)N(C[C@@H](O)C(Cc2ccccc2)NC(=O)O[C@H]2CO[C@H]3OCC[C@H]32)OC2CCCC2)c1. The van der Waals surface area contributed by atoms with Gasteiger partial charge in [0, 0.05) is 18.8 Å². The Morgan fingerprint density at radius 3 is 2.53 bits per heavy atom. The smallest absolute Gasteiger partial charge is 0.407 e. The molecular formula is C31H44N4O10S2. The maximum atomic E-state index is 14.0. The van der Waals surface area contributed by atoms with Crippen molar-refractivity contribution >= 4 is 31.8 Å². The number of rotatable bonds is 16. The fraction of sp³-hybridized carbons (Fsp3) is 0.581. The first kappa shape index (κ1) is 35.5. The van der Waals surface area contributed by atoms with Gasteiger partial charge in [-0.15, -0.1) is 0 Å². The third kappa shape index (κ3) is 10.1. The summed E-state index contributed by atoms with van der Waals surface area (Å²) in [5.74, 6) is -0.0695. The Morgan fingerprint density at radius 2 is 1.79 bits per heavy atom. The van der Waals surface area contributed by atoms with Gasteiger partial charge >= 0.3 is 6.09 Å². The highest BCUT2D eigenvalue weighted by Gasteiger charge is 2.44. The average Bonchev–Trinajstić information content (AvgIpc) is 3.80. The number of sulfonamides is 2. The highest BCUT2D eigenvalue weighted by atomic mass is 32.2. The monoisotopic (exact) mass is 696 g/mol. The maximum absolute atomic E-state index is 14.0. The summed E-state index contributed by atoms with van der Waals surface area (Å²) in [5.41, 5.74) is 1.28. The number of nitrogens with zero attached hydrogens (tertiary/aromatic N) is 1. The van der Waals surface area contributed by atoms with Crippen LogP contribution in [-0.4, -0.2) is 102 Å². The second kappa shape index (κ2) is 16.0. The molecule has 5 rings (SSSR count). The van der Waals surface area contributed by atoms with E-state index < -0.39 is 57.2 Å². The van der Waals surface area contributed by atoms with Crippen molar-refractivity contribution in [1.82, 2.24) is 14.5 Å². The largest absolute Gasteiger partial charge is 0.443 e. The Hall–Kier alpha value is -2.83. The second-order valence-corrected chi connectivity index (χ2v) is 15.8. The number of anilines is 1. The Labute approximate surface area is 276 Å². The van der Waals surface area contributed by atoms with Crippen molar-refractivity contribution in [3.05, 3.63) is 60.2 Å². The highest BCUT2D eigenvalue weighted by Crippen LogP contribution is 2.33. The van der Waals surface area contributed by atoms with Gasteiger partial charge in [-0.1, -0.05) is 53.7 Å². The molecule has 2 aromatic carbocycles. The van der Waals surface area contributed by atoms with E-state index >= 15 is 0 Å². The molecule has 2 aliphatic heterocycles. The molecule has 1 amide bonds. The molecule has 0 aromatic heterocycles. The van der Waals surface area contributed by atoms with Crippen LogP contribution in [0.15, 0.2) is 59.5 Å². The van der Waals surface area contributed by atoms with Crippen LogP contribution in [0.1, 0.15) is 37.7 Å². The number of fused-ring (bicyclic) bond motifs is 1. The van der Waals surface area contributed by atoms with E-state index in [0.717, 1.165) is 29.1 Å². The molecule has 1 unspecified atom stereocenters. The standard InChI is InChI=1S/C31H44N4O10S2/c1-46(38,39)33-16-15-32-23-10-7-13-25(19-23)47(40,41)35(45-24-11-5-6-12-24)20-28(36)27(18-22-8-3-2-4-9-22)34-31(37)44-29-21-43-30-26(29)14-17-42-30/h2-4,7-10,13,19,24,26-30,32-33,36H,5-6,11-12,14-18,20-21H2,1H3,(H,34,37)/t26-,27?,28+,29-,30+/m0/s1. The maximum Gasteiger partial charge on any atom is 0.407 e. The van der Waals surface area contributed by atoms with E-state index in [1.54, 1.807) is 12.1 Å². The summed E-state index contributed by atoms with van der Waals surface area (Å²) in [6, 6.07) is 14.4. The lowest BCUT2D eigenvalue weighted by Crippen LogP contribution is -2.51. The van der Waals surface area contributed by atoms with E-state index in [0.29, 0.717) is 31.6 Å². The Morgan fingerprint density at radius 1 is 1.02 bits per heavy atom. The molecule has 3 fully saturated rings. The van der Waals surface area contributed by atoms with Gasteiger partial charge in [-0.2, -0.15) is 0 Å². The molecule has 14 nitrogen and oxygen atoms in total. The van der Waals surface area contributed by atoms with E-state index in [4.69, 9.17) is 19.0 Å². The van der Waals surface area contributed by atoms with E-state index in [9.17, 15) is 26.7 Å². The number of hydroxylamine groups is 1. The number of ether oxygens (including phenoxy) is 3. The second-order valence-electron chi connectivity index (χ2n) is 12.1. The van der Waals surface area contributed by atoms with Crippen molar-refractivity contribution in [2.24, 2.45) is 5.92 Å². The Kier molecular flexibility index (Phi) is 12.1. The fourth-order valence-corrected chi connectivity index (χ4v) is 7.81. The number of aliphatic hydroxyl groups excluding tert-OH is 1. The number of amides is 1. The van der Waals surface area contributed by atoms with Crippen LogP contribution in [0, 0.1) is 5.92 Å². The van der Waals surface area contributed by atoms with Gasteiger partial charge in [-0.05, 0) is 49.4 Å². The van der Waals surface area contributed by atoms with Crippen LogP contribution in [0.3, 0.4) is 0 Å². The zero-order valence-corrected chi connectivity index (χ0v) is 28.0. The van der Waals surface area contributed by atoms with Crippen molar-refractivity contribution < 1.29 is 45.8 Å². The summed E-state index contributed by atoms with van der Waals surface area (Å²) < 4.78 is 70.8. The normalized spacial score (nSPS) is 23.0. The first-order valence-electron chi connectivity index (χ1n) is 15.9. The topological polar surface area (TPSA) is 182 Å². The third-order valence-electron chi connectivity index (χ3n) is 8.43. The van der Waals surface area contributed by atoms with Crippen LogP contribution in [0.5, 0.6) is 0 Å². The van der Waals surface area contributed by atoms with Crippen LogP contribution in [0.25, 0.3) is 0 Å². The first-order chi connectivity index (χ1) is 22.5. The van der Waals surface area contributed by atoms with Crippen molar-refractivity contribution in [1.29, 1.82) is 0 Å². The predicted octanol–water partition coefficient (Wildman–Crippen LogP) is 1.97.